The molecule has 0 bridgehead atoms. The lowest BCUT2D eigenvalue weighted by Crippen LogP contribution is -2.47. The molecule has 1 saturated carbocycles. The maximum atomic E-state index is 12.8. The fourth-order valence-corrected chi connectivity index (χ4v) is 2.98. The first kappa shape index (κ1) is 16.0. The minimum Gasteiger partial charge on any atom is -0.392 e. The zero-order valence-corrected chi connectivity index (χ0v) is 13.5. The molecule has 1 aliphatic carbocycles. The Morgan fingerprint density at radius 3 is 2.48 bits per heavy atom. The van der Waals surface area contributed by atoms with E-state index in [1.807, 2.05) is 30.3 Å². The molecule has 3 N–H and O–H groups in total. The zero-order chi connectivity index (χ0) is 15.4. The van der Waals surface area contributed by atoms with Crippen molar-refractivity contribution in [1.82, 2.24) is 5.32 Å². The van der Waals surface area contributed by atoms with Crippen LogP contribution in [0.2, 0.25) is 0 Å². The van der Waals surface area contributed by atoms with Crippen molar-refractivity contribution in [3.8, 4) is 0 Å². The summed E-state index contributed by atoms with van der Waals surface area (Å²) in [6.45, 7) is 4.23. The Hall–Kier alpha value is -1.42. The topological polar surface area (TPSA) is 55.1 Å². The highest BCUT2D eigenvalue weighted by molar-refractivity contribution is 7.80. The third-order valence-corrected chi connectivity index (χ3v) is 4.61. The number of rotatable bonds is 7. The second-order valence-electron chi connectivity index (χ2n) is 6.00. The van der Waals surface area contributed by atoms with E-state index in [1.165, 1.54) is 0 Å². The van der Waals surface area contributed by atoms with E-state index in [9.17, 15) is 4.79 Å². The van der Waals surface area contributed by atoms with Crippen LogP contribution in [0.4, 0.5) is 0 Å². The van der Waals surface area contributed by atoms with Crippen LogP contribution >= 0.6 is 12.2 Å². The van der Waals surface area contributed by atoms with Crippen molar-refractivity contribution < 1.29 is 4.79 Å². The average Bonchev–Trinajstić information content (AvgIpc) is 3.30. The molecular weight excluding hydrogens is 280 g/mol. The van der Waals surface area contributed by atoms with E-state index >= 15 is 0 Å². The van der Waals surface area contributed by atoms with Crippen LogP contribution in [0, 0.1) is 11.8 Å². The molecule has 0 aliphatic heterocycles. The molecule has 1 aliphatic rings. The highest BCUT2D eigenvalue weighted by Gasteiger charge is 2.36. The van der Waals surface area contributed by atoms with Crippen molar-refractivity contribution in [3.63, 3.8) is 0 Å². The SMILES string of the molecule is CCC(C)C(C(=O)NC(C(N)=S)C1CC1)c1ccccc1. The predicted octanol–water partition coefficient (Wildman–Crippen LogP) is 3.00. The molecule has 1 fully saturated rings. The van der Waals surface area contributed by atoms with Crippen molar-refractivity contribution >= 4 is 23.1 Å². The van der Waals surface area contributed by atoms with Crippen LogP contribution in [0.1, 0.15) is 44.6 Å². The Balaban J connectivity index is 2.16. The molecule has 114 valence electrons. The van der Waals surface area contributed by atoms with Gasteiger partial charge in [-0.2, -0.15) is 0 Å². The number of amides is 1. The van der Waals surface area contributed by atoms with Crippen LogP contribution in [-0.2, 0) is 4.79 Å². The van der Waals surface area contributed by atoms with Gasteiger partial charge in [0.1, 0.15) is 0 Å². The Labute approximate surface area is 132 Å². The van der Waals surface area contributed by atoms with Gasteiger partial charge in [0.05, 0.1) is 16.9 Å². The van der Waals surface area contributed by atoms with Crippen molar-refractivity contribution in [3.05, 3.63) is 35.9 Å². The average molecular weight is 304 g/mol. The van der Waals surface area contributed by atoms with Gasteiger partial charge >= 0.3 is 0 Å². The lowest BCUT2D eigenvalue weighted by molar-refractivity contribution is -0.124. The largest absolute Gasteiger partial charge is 0.392 e. The summed E-state index contributed by atoms with van der Waals surface area (Å²) in [4.78, 5) is 13.2. The molecule has 2 rings (SSSR count). The van der Waals surface area contributed by atoms with Crippen LogP contribution in [0.25, 0.3) is 0 Å². The first-order valence-corrected chi connectivity index (χ1v) is 8.10. The van der Waals surface area contributed by atoms with Gasteiger partial charge in [-0.15, -0.1) is 0 Å². The third kappa shape index (κ3) is 4.03. The number of carbonyl (C=O) groups is 1. The summed E-state index contributed by atoms with van der Waals surface area (Å²) in [5.41, 5.74) is 6.85. The van der Waals surface area contributed by atoms with E-state index in [0.717, 1.165) is 24.8 Å². The van der Waals surface area contributed by atoms with Crippen LogP contribution in [-0.4, -0.2) is 16.9 Å². The number of hydrogen-bond acceptors (Lipinski definition) is 2. The Morgan fingerprint density at radius 2 is 2.00 bits per heavy atom. The smallest absolute Gasteiger partial charge is 0.228 e. The van der Waals surface area contributed by atoms with Crippen LogP contribution in [0.15, 0.2) is 30.3 Å². The molecule has 0 heterocycles. The molecule has 3 atom stereocenters. The molecule has 1 aromatic carbocycles. The molecule has 3 unspecified atom stereocenters. The van der Waals surface area contributed by atoms with Crippen molar-refractivity contribution in [2.75, 3.05) is 0 Å². The highest BCUT2D eigenvalue weighted by Crippen LogP contribution is 2.34. The fraction of sp³-hybridized carbons (Fsp3) is 0.529. The molecule has 3 nitrogen and oxygen atoms in total. The van der Waals surface area contributed by atoms with Gasteiger partial charge in [-0.25, -0.2) is 0 Å². The quantitative estimate of drug-likeness (QED) is 0.761. The predicted molar refractivity (Wildman–Crippen MR) is 90.1 cm³/mol. The molecule has 0 aromatic heterocycles. The van der Waals surface area contributed by atoms with Crippen LogP contribution < -0.4 is 11.1 Å². The minimum absolute atomic E-state index is 0.0419. The molecular formula is C17H24N2OS. The van der Waals surface area contributed by atoms with Crippen LogP contribution in [0.3, 0.4) is 0 Å². The Morgan fingerprint density at radius 1 is 1.38 bits per heavy atom. The molecule has 4 heteroatoms. The minimum atomic E-state index is -0.150. The van der Waals surface area contributed by atoms with Crippen LogP contribution in [0.5, 0.6) is 0 Å². The number of benzene rings is 1. The van der Waals surface area contributed by atoms with Gasteiger partial charge < -0.3 is 11.1 Å². The first-order valence-electron chi connectivity index (χ1n) is 7.69. The lowest BCUT2D eigenvalue weighted by Gasteiger charge is -2.26. The normalized spacial score (nSPS) is 18.6. The number of thiocarbonyl (C=S) groups is 1. The fourth-order valence-electron chi connectivity index (χ4n) is 2.73. The van der Waals surface area contributed by atoms with E-state index in [0.29, 0.717) is 10.9 Å². The molecule has 0 radical (unpaired) electrons. The van der Waals surface area contributed by atoms with Gasteiger partial charge in [-0.1, -0.05) is 62.8 Å². The summed E-state index contributed by atoms with van der Waals surface area (Å²) in [5, 5.41) is 3.09. The maximum absolute atomic E-state index is 12.8. The van der Waals surface area contributed by atoms with E-state index < -0.39 is 0 Å². The van der Waals surface area contributed by atoms with Crippen molar-refractivity contribution in [1.29, 1.82) is 0 Å². The van der Waals surface area contributed by atoms with Gasteiger partial charge in [0.2, 0.25) is 5.91 Å². The Kier molecular flexibility index (Phi) is 5.34. The monoisotopic (exact) mass is 304 g/mol. The van der Waals surface area contributed by atoms with E-state index in [1.54, 1.807) is 0 Å². The molecule has 0 spiro atoms. The molecule has 21 heavy (non-hydrogen) atoms. The lowest BCUT2D eigenvalue weighted by atomic mass is 9.84. The number of nitrogens with one attached hydrogen (secondary N) is 1. The summed E-state index contributed by atoms with van der Waals surface area (Å²) in [6, 6.07) is 9.81. The number of hydrogen-bond donors (Lipinski definition) is 2. The summed E-state index contributed by atoms with van der Waals surface area (Å²) in [5.74, 6) is 0.602. The zero-order valence-electron chi connectivity index (χ0n) is 12.7. The number of carbonyl (C=O) groups excluding carboxylic acids is 1. The molecule has 0 saturated heterocycles. The van der Waals surface area contributed by atoms with Gasteiger partial charge in [-0.05, 0) is 30.2 Å². The summed E-state index contributed by atoms with van der Waals surface area (Å²) in [7, 11) is 0. The molecule has 1 aromatic rings. The second kappa shape index (κ2) is 7.03. The second-order valence-corrected chi connectivity index (χ2v) is 6.47. The summed E-state index contributed by atoms with van der Waals surface area (Å²) in [6.07, 6.45) is 3.15. The van der Waals surface area contributed by atoms with Gasteiger partial charge in [-0.3, -0.25) is 4.79 Å². The number of nitrogens with two attached hydrogens (primary N) is 1. The van der Waals surface area contributed by atoms with Gasteiger partial charge in [0, 0.05) is 0 Å². The summed E-state index contributed by atoms with van der Waals surface area (Å²) < 4.78 is 0. The standard InChI is InChI=1S/C17H24N2OS/c1-3-11(2)14(12-7-5-4-6-8-12)17(20)19-15(16(18)21)13-9-10-13/h4-8,11,13-15H,3,9-10H2,1-2H3,(H2,18,21)(H,19,20). The van der Waals surface area contributed by atoms with E-state index in [-0.39, 0.29) is 23.8 Å². The third-order valence-electron chi connectivity index (χ3n) is 4.35. The first-order chi connectivity index (χ1) is 10.0. The highest BCUT2D eigenvalue weighted by atomic mass is 32.1. The van der Waals surface area contributed by atoms with Gasteiger partial charge in [0.25, 0.3) is 0 Å². The van der Waals surface area contributed by atoms with E-state index in [2.05, 4.69) is 19.2 Å². The van der Waals surface area contributed by atoms with Crippen molar-refractivity contribution in [2.24, 2.45) is 17.6 Å². The van der Waals surface area contributed by atoms with Gasteiger partial charge in [0.15, 0.2) is 0 Å². The molecule has 1 amide bonds. The summed E-state index contributed by atoms with van der Waals surface area (Å²) >= 11 is 5.11. The Bertz CT molecular complexity index is 499. The van der Waals surface area contributed by atoms with E-state index in [4.69, 9.17) is 18.0 Å². The maximum Gasteiger partial charge on any atom is 0.228 e. The van der Waals surface area contributed by atoms with Crippen molar-refractivity contribution in [2.45, 2.75) is 45.1 Å².